The molecule has 0 radical (unpaired) electrons. The van der Waals surface area contributed by atoms with Gasteiger partial charge in [-0.2, -0.15) is 5.10 Å². The molecule has 6 nitrogen and oxygen atoms in total. The normalized spacial score (nSPS) is 11.0. The van der Waals surface area contributed by atoms with Crippen LogP contribution in [0.4, 0.5) is 4.39 Å². The molecule has 0 saturated carbocycles. The molecule has 26 heavy (non-hydrogen) atoms. The summed E-state index contributed by atoms with van der Waals surface area (Å²) in [6.07, 6.45) is 1.69. The fourth-order valence-electron chi connectivity index (χ4n) is 3.04. The molecule has 0 spiro atoms. The topological polar surface area (TPSA) is 88.7 Å². The maximum Gasteiger partial charge on any atom is 0.286 e. The number of benzene rings is 2. The monoisotopic (exact) mass is 349 g/mol. The number of rotatable bonds is 4. The van der Waals surface area contributed by atoms with Crippen LogP contribution < -0.4 is 11.3 Å². The van der Waals surface area contributed by atoms with E-state index in [0.717, 1.165) is 16.5 Å². The lowest BCUT2D eigenvalue weighted by Gasteiger charge is -2.06. The molecule has 0 aliphatic heterocycles. The van der Waals surface area contributed by atoms with E-state index in [1.165, 1.54) is 4.68 Å². The second-order valence-electron chi connectivity index (χ2n) is 5.88. The maximum absolute atomic E-state index is 15.1. The fourth-order valence-corrected chi connectivity index (χ4v) is 3.04. The van der Waals surface area contributed by atoms with Crippen LogP contribution in [0.5, 0.6) is 0 Å². The van der Waals surface area contributed by atoms with E-state index in [4.69, 9.17) is 5.84 Å². The first-order chi connectivity index (χ1) is 12.7. The third kappa shape index (κ3) is 2.64. The number of hydrazine groups is 1. The van der Waals surface area contributed by atoms with Crippen LogP contribution in [0.1, 0.15) is 16.1 Å². The van der Waals surface area contributed by atoms with Gasteiger partial charge in [0.25, 0.3) is 5.91 Å². The van der Waals surface area contributed by atoms with Crippen LogP contribution in [-0.4, -0.2) is 20.7 Å². The molecule has 0 aliphatic carbocycles. The molecular weight excluding hydrogens is 333 g/mol. The number of nitrogen functional groups attached to an aromatic ring is 1. The minimum absolute atomic E-state index is 0.108. The maximum atomic E-state index is 15.1. The minimum Gasteiger partial charge on any atom is -0.360 e. The summed E-state index contributed by atoms with van der Waals surface area (Å²) >= 11 is 0. The van der Waals surface area contributed by atoms with Gasteiger partial charge in [-0.1, -0.05) is 48.5 Å². The van der Waals surface area contributed by atoms with Crippen molar-refractivity contribution in [3.05, 3.63) is 77.9 Å². The Balaban J connectivity index is 1.87. The van der Waals surface area contributed by atoms with Crippen LogP contribution in [0, 0.1) is 5.82 Å². The van der Waals surface area contributed by atoms with Gasteiger partial charge in [0.2, 0.25) is 0 Å². The highest BCUT2D eigenvalue weighted by molar-refractivity contribution is 5.98. The molecule has 0 unspecified atom stereocenters. The SMILES string of the molecule is NNC(=O)c1c(F)c(-c2c[nH]c3ccccc23)nn1Cc1ccccc1. The van der Waals surface area contributed by atoms with Gasteiger partial charge in [-0.3, -0.25) is 14.9 Å². The molecule has 2 aromatic heterocycles. The van der Waals surface area contributed by atoms with E-state index in [1.54, 1.807) is 6.20 Å². The van der Waals surface area contributed by atoms with E-state index >= 15 is 4.39 Å². The lowest BCUT2D eigenvalue weighted by molar-refractivity contribution is 0.0939. The molecule has 4 rings (SSSR count). The quantitative estimate of drug-likeness (QED) is 0.301. The first-order valence-corrected chi connectivity index (χ1v) is 8.06. The van der Waals surface area contributed by atoms with Crippen LogP contribution in [0.15, 0.2) is 60.8 Å². The number of fused-ring (bicyclic) bond motifs is 1. The van der Waals surface area contributed by atoms with Crippen molar-refractivity contribution in [2.24, 2.45) is 5.84 Å². The standard InChI is InChI=1S/C19H16FN5O/c20-16-17(14-10-22-15-9-5-4-8-13(14)15)24-25(18(16)19(26)23-21)11-12-6-2-1-3-7-12/h1-10,22H,11,21H2,(H,23,26). The summed E-state index contributed by atoms with van der Waals surface area (Å²) in [5.74, 6) is 3.81. The van der Waals surface area contributed by atoms with Gasteiger partial charge >= 0.3 is 0 Å². The number of H-pyrrole nitrogens is 1. The lowest BCUT2D eigenvalue weighted by Crippen LogP contribution is -2.32. The van der Waals surface area contributed by atoms with Crippen molar-refractivity contribution in [2.75, 3.05) is 0 Å². The lowest BCUT2D eigenvalue weighted by atomic mass is 10.1. The number of amides is 1. The van der Waals surface area contributed by atoms with Gasteiger partial charge in [-0.25, -0.2) is 10.2 Å². The molecule has 0 fully saturated rings. The zero-order valence-corrected chi connectivity index (χ0v) is 13.7. The Morgan fingerprint density at radius 3 is 2.65 bits per heavy atom. The van der Waals surface area contributed by atoms with Crippen molar-refractivity contribution >= 4 is 16.8 Å². The Kier molecular flexibility index (Phi) is 3.98. The van der Waals surface area contributed by atoms with Gasteiger partial charge in [-0.05, 0) is 11.6 Å². The van der Waals surface area contributed by atoms with E-state index in [9.17, 15) is 4.79 Å². The molecule has 0 saturated heterocycles. The summed E-state index contributed by atoms with van der Waals surface area (Å²) in [5.41, 5.74) is 4.26. The summed E-state index contributed by atoms with van der Waals surface area (Å²) in [7, 11) is 0. The van der Waals surface area contributed by atoms with Gasteiger partial charge in [0.05, 0.1) is 6.54 Å². The molecule has 130 valence electrons. The predicted molar refractivity (Wildman–Crippen MR) is 96.7 cm³/mol. The van der Waals surface area contributed by atoms with E-state index in [2.05, 4.69) is 10.1 Å². The first kappa shape index (κ1) is 16.0. The second-order valence-corrected chi connectivity index (χ2v) is 5.88. The third-order valence-corrected chi connectivity index (χ3v) is 4.26. The van der Waals surface area contributed by atoms with Gasteiger partial charge in [0.1, 0.15) is 5.69 Å². The van der Waals surface area contributed by atoms with E-state index in [1.807, 2.05) is 60.0 Å². The van der Waals surface area contributed by atoms with Crippen molar-refractivity contribution < 1.29 is 9.18 Å². The minimum atomic E-state index is -0.725. The van der Waals surface area contributed by atoms with Crippen LogP contribution >= 0.6 is 0 Å². The van der Waals surface area contributed by atoms with Gasteiger partial charge in [-0.15, -0.1) is 0 Å². The zero-order valence-electron chi connectivity index (χ0n) is 13.7. The highest BCUT2D eigenvalue weighted by Gasteiger charge is 2.25. The highest BCUT2D eigenvalue weighted by atomic mass is 19.1. The Labute approximate surface area is 148 Å². The molecule has 2 heterocycles. The van der Waals surface area contributed by atoms with Crippen LogP contribution in [0.25, 0.3) is 22.2 Å². The predicted octanol–water partition coefficient (Wildman–Crippen LogP) is 2.82. The number of para-hydroxylation sites is 1. The van der Waals surface area contributed by atoms with E-state index in [0.29, 0.717) is 5.56 Å². The van der Waals surface area contributed by atoms with Crippen molar-refractivity contribution in [3.8, 4) is 11.3 Å². The molecule has 1 amide bonds. The Morgan fingerprint density at radius 1 is 1.15 bits per heavy atom. The number of nitrogens with two attached hydrogens (primary N) is 1. The molecule has 4 N–H and O–H groups in total. The third-order valence-electron chi connectivity index (χ3n) is 4.26. The van der Waals surface area contributed by atoms with Crippen molar-refractivity contribution in [1.82, 2.24) is 20.2 Å². The number of aromatic amines is 1. The van der Waals surface area contributed by atoms with Gasteiger partial charge in [0, 0.05) is 22.7 Å². The molecular formula is C19H16FN5O. The van der Waals surface area contributed by atoms with Crippen LogP contribution in [-0.2, 0) is 6.54 Å². The Bertz CT molecular complexity index is 1080. The highest BCUT2D eigenvalue weighted by Crippen LogP contribution is 2.31. The number of hydrogen-bond donors (Lipinski definition) is 3. The summed E-state index contributed by atoms with van der Waals surface area (Å²) in [5, 5.41) is 5.20. The second kappa shape index (κ2) is 6.45. The number of nitrogens with zero attached hydrogens (tertiary/aromatic N) is 2. The zero-order chi connectivity index (χ0) is 18.1. The molecule has 0 atom stereocenters. The molecule has 7 heteroatoms. The summed E-state index contributed by atoms with van der Waals surface area (Å²) in [6, 6.07) is 16.9. The Morgan fingerprint density at radius 2 is 1.88 bits per heavy atom. The van der Waals surface area contributed by atoms with Crippen LogP contribution in [0.2, 0.25) is 0 Å². The summed E-state index contributed by atoms with van der Waals surface area (Å²) < 4.78 is 16.4. The average Bonchev–Trinajstić information content (AvgIpc) is 3.23. The molecule has 0 bridgehead atoms. The van der Waals surface area contributed by atoms with Gasteiger partial charge in [0.15, 0.2) is 11.5 Å². The largest absolute Gasteiger partial charge is 0.360 e. The fraction of sp³-hybridized carbons (Fsp3) is 0.0526. The van der Waals surface area contributed by atoms with Crippen molar-refractivity contribution in [3.63, 3.8) is 0 Å². The summed E-state index contributed by atoms with van der Waals surface area (Å²) in [6.45, 7) is 0.253. The van der Waals surface area contributed by atoms with Gasteiger partial charge < -0.3 is 4.98 Å². The number of hydrogen-bond acceptors (Lipinski definition) is 3. The summed E-state index contributed by atoms with van der Waals surface area (Å²) in [4.78, 5) is 15.2. The van der Waals surface area contributed by atoms with E-state index < -0.39 is 11.7 Å². The smallest absolute Gasteiger partial charge is 0.286 e. The molecule has 0 aliphatic rings. The number of nitrogens with one attached hydrogen (secondary N) is 2. The number of halogens is 1. The number of carbonyl (C=O) groups excluding carboxylic acids is 1. The number of aromatic nitrogens is 3. The number of carbonyl (C=O) groups is 1. The first-order valence-electron chi connectivity index (χ1n) is 8.06. The average molecular weight is 349 g/mol. The van der Waals surface area contributed by atoms with Crippen LogP contribution in [0.3, 0.4) is 0 Å². The van der Waals surface area contributed by atoms with E-state index in [-0.39, 0.29) is 17.9 Å². The van der Waals surface area contributed by atoms with Crippen molar-refractivity contribution in [1.29, 1.82) is 0 Å². The Hall–Kier alpha value is -3.45. The van der Waals surface area contributed by atoms with Crippen molar-refractivity contribution in [2.45, 2.75) is 6.54 Å². The molecule has 4 aromatic rings. The molecule has 2 aromatic carbocycles.